The normalized spacial score (nSPS) is 16.0. The summed E-state index contributed by atoms with van der Waals surface area (Å²) in [5, 5.41) is 28.8. The maximum atomic E-state index is 11.8. The van der Waals surface area contributed by atoms with Gasteiger partial charge in [-0.1, -0.05) is 96.5 Å². The van der Waals surface area contributed by atoms with Gasteiger partial charge in [-0.15, -0.1) is 0 Å². The van der Waals surface area contributed by atoms with Gasteiger partial charge in [0.05, 0.1) is 6.54 Å². The monoisotopic (exact) mass is 498 g/mol. The lowest BCUT2D eigenvalue weighted by Gasteiger charge is -2.46. The molecule has 3 N–H and O–H groups in total. The number of carboxylic acids is 3. The number of quaternary nitrogens is 1. The molecular formula is C28H52NO6+. The number of allylic oxidation sites excluding steroid dienone is 1. The van der Waals surface area contributed by atoms with Crippen LogP contribution in [0.3, 0.4) is 0 Å². The van der Waals surface area contributed by atoms with Crippen LogP contribution in [0.25, 0.3) is 0 Å². The van der Waals surface area contributed by atoms with Crippen LogP contribution >= 0.6 is 0 Å². The molecule has 0 aromatic heterocycles. The van der Waals surface area contributed by atoms with Gasteiger partial charge in [-0.3, -0.25) is 4.48 Å². The minimum atomic E-state index is -1.20. The molecular weight excluding hydrogens is 446 g/mol. The summed E-state index contributed by atoms with van der Waals surface area (Å²) in [6.07, 6.45) is 22.6. The molecule has 3 unspecified atom stereocenters. The van der Waals surface area contributed by atoms with E-state index in [0.29, 0.717) is 0 Å². The lowest BCUT2D eigenvalue weighted by Crippen LogP contribution is -2.70. The summed E-state index contributed by atoms with van der Waals surface area (Å²) < 4.78 is -0.560. The van der Waals surface area contributed by atoms with Crippen molar-refractivity contribution in [2.75, 3.05) is 6.54 Å². The van der Waals surface area contributed by atoms with Gasteiger partial charge in [0.15, 0.2) is 18.1 Å². The Kier molecular flexibility index (Phi) is 18.3. The zero-order valence-electron chi connectivity index (χ0n) is 22.7. The van der Waals surface area contributed by atoms with E-state index >= 15 is 0 Å². The molecule has 0 fully saturated rings. The standard InChI is InChI=1S/C28H51NO6/c1-5-6-7-8-9-10-11-12-13-14-15-16-17-18-19-20-21-22-29(23(2)26(30)31,24(3)27(32)33)25(4)28(34)35/h20-21,23-25H,5-19,22H2,1-4H3,(H2-,30,31,32,33,34,35)/p+1/b21-20+. The molecule has 0 spiro atoms. The van der Waals surface area contributed by atoms with Crippen molar-refractivity contribution in [1.82, 2.24) is 0 Å². The van der Waals surface area contributed by atoms with Gasteiger partial charge in [-0.25, -0.2) is 14.4 Å². The van der Waals surface area contributed by atoms with Crippen LogP contribution in [0.15, 0.2) is 12.2 Å². The number of unbranched alkanes of at least 4 members (excludes halogenated alkanes) is 14. The molecule has 0 saturated heterocycles. The summed E-state index contributed by atoms with van der Waals surface area (Å²) in [5.41, 5.74) is 0. The molecule has 0 aliphatic heterocycles. The Morgan fingerprint density at radius 2 is 0.886 bits per heavy atom. The van der Waals surface area contributed by atoms with Crippen LogP contribution in [-0.2, 0) is 14.4 Å². The summed E-state index contributed by atoms with van der Waals surface area (Å²) in [5.74, 6) is -3.61. The van der Waals surface area contributed by atoms with E-state index in [4.69, 9.17) is 0 Å². The second-order valence-electron chi connectivity index (χ2n) is 10.1. The number of rotatable bonds is 23. The highest BCUT2D eigenvalue weighted by Crippen LogP contribution is 2.26. The van der Waals surface area contributed by atoms with E-state index < -0.39 is 40.5 Å². The summed E-state index contributed by atoms with van der Waals surface area (Å²) >= 11 is 0. The first-order chi connectivity index (χ1) is 16.6. The third-order valence-electron chi connectivity index (χ3n) is 7.55. The fourth-order valence-corrected chi connectivity index (χ4v) is 4.93. The highest BCUT2D eigenvalue weighted by Gasteiger charge is 2.52. The molecule has 0 aromatic rings. The van der Waals surface area contributed by atoms with E-state index in [2.05, 4.69) is 6.92 Å². The molecule has 3 atom stereocenters. The van der Waals surface area contributed by atoms with Crippen LogP contribution in [0.1, 0.15) is 124 Å². The Hall–Kier alpha value is -1.89. The maximum absolute atomic E-state index is 11.8. The lowest BCUT2D eigenvalue weighted by molar-refractivity contribution is -0.962. The van der Waals surface area contributed by atoms with Crippen molar-refractivity contribution in [3.8, 4) is 0 Å². The number of aliphatic carboxylic acids is 3. The van der Waals surface area contributed by atoms with Crippen molar-refractivity contribution in [3.63, 3.8) is 0 Å². The molecule has 0 saturated carbocycles. The van der Waals surface area contributed by atoms with Gasteiger partial charge in [0, 0.05) is 0 Å². The third-order valence-corrected chi connectivity index (χ3v) is 7.55. The molecule has 0 rings (SSSR count). The first kappa shape index (κ1) is 33.1. The van der Waals surface area contributed by atoms with E-state index in [1.165, 1.54) is 97.8 Å². The van der Waals surface area contributed by atoms with Crippen LogP contribution in [-0.4, -0.2) is 62.4 Å². The Labute approximate surface area is 213 Å². The first-order valence-electron chi connectivity index (χ1n) is 13.8. The predicted octanol–water partition coefficient (Wildman–Crippen LogP) is 6.65. The SMILES string of the molecule is CCCCCCCCCCCCCCCC/C=C/C[N+](C(C)C(=O)O)(C(C)C(=O)O)C(C)C(=O)O. The Balaban J connectivity index is 4.35. The molecule has 35 heavy (non-hydrogen) atoms. The predicted molar refractivity (Wildman–Crippen MR) is 140 cm³/mol. The summed E-state index contributed by atoms with van der Waals surface area (Å²) in [6, 6.07) is -3.51. The Morgan fingerprint density at radius 3 is 1.20 bits per heavy atom. The largest absolute Gasteiger partial charge is 0.477 e. The molecule has 0 amide bonds. The number of carbonyl (C=O) groups is 3. The number of hydrogen-bond acceptors (Lipinski definition) is 3. The quantitative estimate of drug-likeness (QED) is 0.0826. The number of hydrogen-bond donors (Lipinski definition) is 3. The van der Waals surface area contributed by atoms with Gasteiger partial charge in [-0.2, -0.15) is 0 Å². The highest BCUT2D eigenvalue weighted by molar-refractivity contribution is 5.77. The van der Waals surface area contributed by atoms with Gasteiger partial charge < -0.3 is 15.3 Å². The molecule has 0 radical (unpaired) electrons. The molecule has 204 valence electrons. The fraction of sp³-hybridized carbons (Fsp3) is 0.821. The first-order valence-corrected chi connectivity index (χ1v) is 13.8. The van der Waals surface area contributed by atoms with Crippen molar-refractivity contribution < 1.29 is 34.2 Å². The molecule has 0 heterocycles. The average Bonchev–Trinajstić information content (AvgIpc) is 2.82. The van der Waals surface area contributed by atoms with Gasteiger partial charge in [-0.05, 0) is 39.7 Å². The highest BCUT2D eigenvalue weighted by atomic mass is 16.4. The summed E-state index contributed by atoms with van der Waals surface area (Å²) in [7, 11) is 0. The third kappa shape index (κ3) is 12.6. The van der Waals surface area contributed by atoms with Crippen molar-refractivity contribution in [2.45, 2.75) is 142 Å². The van der Waals surface area contributed by atoms with E-state index in [-0.39, 0.29) is 6.54 Å². The topological polar surface area (TPSA) is 112 Å². The zero-order valence-corrected chi connectivity index (χ0v) is 22.7. The van der Waals surface area contributed by atoms with Crippen molar-refractivity contribution in [1.29, 1.82) is 0 Å². The minimum absolute atomic E-state index is 0.0486. The van der Waals surface area contributed by atoms with Crippen molar-refractivity contribution in [3.05, 3.63) is 12.2 Å². The average molecular weight is 499 g/mol. The van der Waals surface area contributed by atoms with Crippen molar-refractivity contribution >= 4 is 17.9 Å². The summed E-state index contributed by atoms with van der Waals surface area (Å²) in [6.45, 7) is 6.47. The van der Waals surface area contributed by atoms with Crippen LogP contribution < -0.4 is 0 Å². The van der Waals surface area contributed by atoms with Crippen molar-refractivity contribution in [2.24, 2.45) is 0 Å². The van der Waals surface area contributed by atoms with E-state index in [1.807, 2.05) is 6.08 Å². The zero-order chi connectivity index (χ0) is 26.7. The number of nitrogens with zero attached hydrogens (tertiary/aromatic N) is 1. The maximum Gasteiger partial charge on any atom is 0.362 e. The minimum Gasteiger partial charge on any atom is -0.477 e. The smallest absolute Gasteiger partial charge is 0.362 e. The molecule has 0 bridgehead atoms. The Morgan fingerprint density at radius 1 is 0.571 bits per heavy atom. The second kappa shape index (κ2) is 19.3. The van der Waals surface area contributed by atoms with Gasteiger partial charge in [0.25, 0.3) is 0 Å². The lowest BCUT2D eigenvalue weighted by atomic mass is 10.0. The summed E-state index contributed by atoms with van der Waals surface area (Å²) in [4.78, 5) is 35.3. The fourth-order valence-electron chi connectivity index (χ4n) is 4.93. The molecule has 0 aliphatic rings. The molecule has 0 aliphatic carbocycles. The van der Waals surface area contributed by atoms with E-state index in [1.54, 1.807) is 6.08 Å². The van der Waals surface area contributed by atoms with Gasteiger partial charge in [0.1, 0.15) is 0 Å². The van der Waals surface area contributed by atoms with E-state index in [9.17, 15) is 29.7 Å². The van der Waals surface area contributed by atoms with Crippen LogP contribution in [0, 0.1) is 0 Å². The molecule has 7 heteroatoms. The van der Waals surface area contributed by atoms with Gasteiger partial charge >= 0.3 is 17.9 Å². The molecule has 7 nitrogen and oxygen atoms in total. The Bertz CT molecular complexity index is 583. The molecule has 0 aromatic carbocycles. The number of carboxylic acid groups (broad SMARTS) is 3. The second-order valence-corrected chi connectivity index (χ2v) is 10.1. The van der Waals surface area contributed by atoms with Gasteiger partial charge in [0.2, 0.25) is 0 Å². The van der Waals surface area contributed by atoms with Crippen LogP contribution in [0.2, 0.25) is 0 Å². The van der Waals surface area contributed by atoms with Crippen LogP contribution in [0.5, 0.6) is 0 Å². The van der Waals surface area contributed by atoms with E-state index in [0.717, 1.165) is 19.3 Å². The van der Waals surface area contributed by atoms with Crippen LogP contribution in [0.4, 0.5) is 0 Å².